The maximum absolute atomic E-state index is 14.3. The van der Waals surface area contributed by atoms with Crippen LogP contribution in [0, 0.1) is 11.8 Å². The zero-order chi connectivity index (χ0) is 30.2. The van der Waals surface area contributed by atoms with E-state index in [1.54, 1.807) is 9.58 Å². The van der Waals surface area contributed by atoms with Crippen molar-refractivity contribution in [2.24, 2.45) is 11.8 Å². The molecule has 2 aromatic carbocycles. The molecule has 2 amide bonds. The van der Waals surface area contributed by atoms with E-state index >= 15 is 0 Å². The number of halogens is 1. The van der Waals surface area contributed by atoms with Crippen molar-refractivity contribution in [2.75, 3.05) is 13.1 Å². The Bertz CT molecular complexity index is 1550. The highest BCUT2D eigenvalue weighted by atomic mass is 79.9. The lowest BCUT2D eigenvalue weighted by atomic mass is 9.77. The zero-order valence-electron chi connectivity index (χ0n) is 24.4. The number of benzene rings is 2. The average Bonchev–Trinajstić information content (AvgIpc) is 3.61. The lowest BCUT2D eigenvalue weighted by Gasteiger charge is -2.43. The van der Waals surface area contributed by atoms with Crippen LogP contribution < -0.4 is 4.74 Å². The molecule has 2 aliphatic heterocycles. The highest BCUT2D eigenvalue weighted by Gasteiger charge is 2.44. The van der Waals surface area contributed by atoms with E-state index in [-0.39, 0.29) is 31.0 Å². The van der Waals surface area contributed by atoms with Gasteiger partial charge >= 0.3 is 5.97 Å². The molecular weight excluding hydrogens is 614 g/mol. The molecule has 10 nitrogen and oxygen atoms in total. The van der Waals surface area contributed by atoms with Crippen molar-refractivity contribution in [1.29, 1.82) is 0 Å². The van der Waals surface area contributed by atoms with Gasteiger partial charge in [0.15, 0.2) is 0 Å². The van der Waals surface area contributed by atoms with E-state index in [0.717, 1.165) is 34.0 Å². The number of carbonyl (C=O) groups is 3. The van der Waals surface area contributed by atoms with Crippen LogP contribution in [0.5, 0.6) is 5.75 Å². The minimum Gasteiger partial charge on any atom is -0.487 e. The van der Waals surface area contributed by atoms with Crippen molar-refractivity contribution < 1.29 is 24.2 Å². The molecular formula is C32H36BrN5O5. The summed E-state index contributed by atoms with van der Waals surface area (Å²) in [6, 6.07) is 11.1. The number of fused-ring (bicyclic) bond motifs is 2. The third kappa shape index (κ3) is 5.67. The molecule has 3 aromatic rings. The highest BCUT2D eigenvalue weighted by molar-refractivity contribution is 9.10. The van der Waals surface area contributed by atoms with Crippen molar-refractivity contribution >= 4 is 33.7 Å². The van der Waals surface area contributed by atoms with Crippen molar-refractivity contribution in [3.63, 3.8) is 0 Å². The molecule has 1 fully saturated rings. The fraction of sp³-hybridized carbons (Fsp3) is 0.469. The molecule has 0 spiro atoms. The lowest BCUT2D eigenvalue weighted by Crippen LogP contribution is -2.50. The predicted octanol–water partition coefficient (Wildman–Crippen LogP) is 5.17. The molecule has 0 bridgehead atoms. The number of carbonyl (C=O) groups excluding carboxylic acids is 2. The molecule has 1 saturated carbocycles. The quantitative estimate of drug-likeness (QED) is 0.358. The van der Waals surface area contributed by atoms with Gasteiger partial charge in [0.1, 0.15) is 18.1 Å². The van der Waals surface area contributed by atoms with Crippen molar-refractivity contribution in [1.82, 2.24) is 24.8 Å². The first-order chi connectivity index (χ1) is 20.7. The first-order valence-corrected chi connectivity index (χ1v) is 15.8. The van der Waals surface area contributed by atoms with Crippen LogP contribution in [0.25, 0.3) is 0 Å². The van der Waals surface area contributed by atoms with Gasteiger partial charge in [-0.1, -0.05) is 52.2 Å². The van der Waals surface area contributed by atoms with E-state index in [9.17, 15) is 19.5 Å². The Morgan fingerprint density at radius 1 is 1.12 bits per heavy atom. The Labute approximate surface area is 259 Å². The second-order valence-electron chi connectivity index (χ2n) is 12.0. The Hall–Kier alpha value is -3.73. The minimum absolute atomic E-state index is 0.0704. The number of aromatic nitrogens is 3. The van der Waals surface area contributed by atoms with Crippen LogP contribution in [0.1, 0.15) is 84.4 Å². The van der Waals surface area contributed by atoms with Crippen LogP contribution in [-0.2, 0) is 29.2 Å². The summed E-state index contributed by atoms with van der Waals surface area (Å²) in [5.41, 5.74) is 4.19. The summed E-state index contributed by atoms with van der Waals surface area (Å²) in [7, 11) is 0. The van der Waals surface area contributed by atoms with Crippen LogP contribution >= 0.6 is 15.9 Å². The fourth-order valence-corrected chi connectivity index (χ4v) is 7.29. The number of carboxylic acid groups (broad SMARTS) is 1. The molecule has 226 valence electrons. The summed E-state index contributed by atoms with van der Waals surface area (Å²) < 4.78 is 9.07. The van der Waals surface area contributed by atoms with Gasteiger partial charge in [-0.15, -0.1) is 5.10 Å². The maximum atomic E-state index is 14.3. The zero-order valence-corrected chi connectivity index (χ0v) is 26.0. The molecule has 1 aromatic heterocycles. The Morgan fingerprint density at radius 2 is 1.88 bits per heavy atom. The van der Waals surface area contributed by atoms with Crippen LogP contribution in [0.2, 0.25) is 0 Å². The lowest BCUT2D eigenvalue weighted by molar-refractivity contribution is -0.153. The number of amides is 2. The summed E-state index contributed by atoms with van der Waals surface area (Å²) in [5.74, 6) is -1.83. The highest BCUT2D eigenvalue weighted by Crippen LogP contribution is 2.44. The Kier molecular flexibility index (Phi) is 8.26. The van der Waals surface area contributed by atoms with Crippen molar-refractivity contribution in [3.8, 4) is 5.75 Å². The molecule has 1 unspecified atom stereocenters. The number of hydrogen-bond donors (Lipinski definition) is 1. The summed E-state index contributed by atoms with van der Waals surface area (Å²) in [4.78, 5) is 43.6. The Balaban J connectivity index is 1.37. The SMILES string of the molecule is CC(C)n1cc(COc2ccc(Br)c3c2[C@@H](CN2Cc4ccccc4C2=O)N(C(=O)C2CCCC[C@H]2C(=O)O)CC3)nn1. The van der Waals surface area contributed by atoms with E-state index in [1.165, 1.54) is 0 Å². The second kappa shape index (κ2) is 12.1. The topological polar surface area (TPSA) is 118 Å². The van der Waals surface area contributed by atoms with Gasteiger partial charge in [0.05, 0.1) is 24.1 Å². The van der Waals surface area contributed by atoms with Crippen molar-refractivity contribution in [3.05, 3.63) is 75.0 Å². The molecule has 3 heterocycles. The molecule has 3 atom stereocenters. The number of ether oxygens (including phenoxy) is 1. The van der Waals surface area contributed by atoms with Gasteiger partial charge < -0.3 is 19.6 Å². The number of aliphatic carboxylic acids is 1. The van der Waals surface area contributed by atoms with Crippen LogP contribution in [0.4, 0.5) is 0 Å². The van der Waals surface area contributed by atoms with E-state index in [1.807, 2.05) is 61.3 Å². The predicted molar refractivity (Wildman–Crippen MR) is 161 cm³/mol. The standard InChI is InChI=1S/C32H36BrN5O5/c1-19(2)38-16-21(34-35-38)18-43-28-12-11-26(33)25-13-14-37(31(40)23-9-5-6-10-24(23)32(41)42)27(29(25)28)17-36-15-20-7-3-4-8-22(20)30(36)39/h3-4,7-8,11-12,16,19,23-24,27H,5-6,9-10,13-15,17-18H2,1-2H3,(H,41,42)/t23?,24-,27-/m1/s1. The van der Waals surface area contributed by atoms with E-state index in [4.69, 9.17) is 4.74 Å². The van der Waals surface area contributed by atoms with Gasteiger partial charge in [-0.2, -0.15) is 0 Å². The van der Waals surface area contributed by atoms with E-state index in [2.05, 4.69) is 26.2 Å². The van der Waals surface area contributed by atoms with Crippen molar-refractivity contribution in [2.45, 2.75) is 71.2 Å². The summed E-state index contributed by atoms with van der Waals surface area (Å²) in [6.07, 6.45) is 5.12. The number of hydrogen-bond acceptors (Lipinski definition) is 6. The monoisotopic (exact) mass is 649 g/mol. The van der Waals surface area contributed by atoms with Gasteiger partial charge in [0.25, 0.3) is 5.91 Å². The number of nitrogens with zero attached hydrogens (tertiary/aromatic N) is 5. The molecule has 3 aliphatic rings. The molecule has 1 aliphatic carbocycles. The number of carboxylic acids is 1. The number of rotatable bonds is 8. The first-order valence-electron chi connectivity index (χ1n) is 15.0. The minimum atomic E-state index is -0.918. The third-order valence-corrected chi connectivity index (χ3v) is 9.75. The molecule has 0 saturated heterocycles. The van der Waals surface area contributed by atoms with Crippen LogP contribution in [-0.4, -0.2) is 60.8 Å². The third-order valence-electron chi connectivity index (χ3n) is 9.01. The largest absolute Gasteiger partial charge is 0.487 e. The fourth-order valence-electron chi connectivity index (χ4n) is 6.75. The first kappa shape index (κ1) is 29.3. The summed E-state index contributed by atoms with van der Waals surface area (Å²) in [6.45, 7) is 5.40. The van der Waals surface area contributed by atoms with Gasteiger partial charge in [-0.3, -0.25) is 14.4 Å². The molecule has 1 N–H and O–H groups in total. The normalized spacial score (nSPS) is 21.6. The molecule has 43 heavy (non-hydrogen) atoms. The molecule has 0 radical (unpaired) electrons. The van der Waals surface area contributed by atoms with Crippen LogP contribution in [0.15, 0.2) is 47.1 Å². The van der Waals surface area contributed by atoms with E-state index < -0.39 is 23.8 Å². The van der Waals surface area contributed by atoms with Gasteiger partial charge in [-0.25, -0.2) is 4.68 Å². The smallest absolute Gasteiger partial charge is 0.307 e. The molecule has 11 heteroatoms. The average molecular weight is 651 g/mol. The molecule has 6 rings (SSSR count). The van der Waals surface area contributed by atoms with Crippen LogP contribution in [0.3, 0.4) is 0 Å². The second-order valence-corrected chi connectivity index (χ2v) is 12.8. The van der Waals surface area contributed by atoms with Gasteiger partial charge in [0.2, 0.25) is 5.91 Å². The summed E-state index contributed by atoms with van der Waals surface area (Å²) in [5, 5.41) is 18.4. The maximum Gasteiger partial charge on any atom is 0.307 e. The summed E-state index contributed by atoms with van der Waals surface area (Å²) >= 11 is 3.73. The Morgan fingerprint density at radius 3 is 2.60 bits per heavy atom. The van der Waals surface area contributed by atoms with Gasteiger partial charge in [-0.05, 0) is 62.4 Å². The van der Waals surface area contributed by atoms with E-state index in [0.29, 0.717) is 49.4 Å². The van der Waals surface area contributed by atoms with Gasteiger partial charge in [0, 0.05) is 41.3 Å².